The van der Waals surface area contributed by atoms with E-state index in [-0.39, 0.29) is 22.3 Å². The maximum absolute atomic E-state index is 12.5. The highest BCUT2D eigenvalue weighted by atomic mass is 16.3. The fourth-order valence-electron chi connectivity index (χ4n) is 5.26. The van der Waals surface area contributed by atoms with Crippen LogP contribution in [0.1, 0.15) is 59.3 Å². The van der Waals surface area contributed by atoms with E-state index in [4.69, 9.17) is 0 Å². The zero-order valence-electron chi connectivity index (χ0n) is 11.3. The first-order valence-electron chi connectivity index (χ1n) is 7.02. The van der Waals surface area contributed by atoms with Crippen molar-refractivity contribution in [2.24, 2.45) is 22.2 Å². The van der Waals surface area contributed by atoms with E-state index in [1.165, 1.54) is 0 Å². The highest BCUT2D eigenvalue weighted by Crippen LogP contribution is 2.67. The van der Waals surface area contributed by atoms with Crippen molar-refractivity contribution in [2.45, 2.75) is 65.4 Å². The molecule has 96 valence electrons. The summed E-state index contributed by atoms with van der Waals surface area (Å²) in [7, 11) is 0. The Balaban J connectivity index is 2.03. The van der Waals surface area contributed by atoms with E-state index in [0.29, 0.717) is 11.7 Å². The molecule has 0 heterocycles. The van der Waals surface area contributed by atoms with Crippen molar-refractivity contribution in [3.05, 3.63) is 0 Å². The summed E-state index contributed by atoms with van der Waals surface area (Å²) >= 11 is 0. The lowest BCUT2D eigenvalue weighted by Crippen LogP contribution is -2.53. The van der Waals surface area contributed by atoms with Crippen LogP contribution >= 0.6 is 0 Å². The Hall–Kier alpha value is -0.370. The quantitative estimate of drug-likeness (QED) is 0.702. The SMILES string of the molecule is CC1(C)CC(=O)C23CCC(O)C(C)(CCC12)C3. The average molecular weight is 236 g/mol. The van der Waals surface area contributed by atoms with Crippen molar-refractivity contribution < 1.29 is 9.90 Å². The van der Waals surface area contributed by atoms with E-state index in [1.54, 1.807) is 0 Å². The third kappa shape index (κ3) is 1.34. The summed E-state index contributed by atoms with van der Waals surface area (Å²) in [6.07, 6.45) is 5.48. The number of Topliss-reactive ketones (excluding diaryl/α,β-unsaturated/α-hetero) is 1. The first kappa shape index (κ1) is 11.7. The summed E-state index contributed by atoms with van der Waals surface area (Å²) in [6, 6.07) is 0. The minimum atomic E-state index is -0.189. The van der Waals surface area contributed by atoms with Gasteiger partial charge in [-0.2, -0.15) is 0 Å². The number of carbonyl (C=O) groups excluding carboxylic acids is 1. The smallest absolute Gasteiger partial charge is 0.139 e. The third-order valence-electron chi connectivity index (χ3n) is 6.17. The van der Waals surface area contributed by atoms with Gasteiger partial charge < -0.3 is 5.11 Å². The fraction of sp³-hybridized carbons (Fsp3) is 0.933. The van der Waals surface area contributed by atoms with Crippen molar-refractivity contribution in [1.29, 1.82) is 0 Å². The van der Waals surface area contributed by atoms with E-state index in [9.17, 15) is 9.90 Å². The van der Waals surface area contributed by atoms with Crippen LogP contribution in [0.2, 0.25) is 0 Å². The van der Waals surface area contributed by atoms with Gasteiger partial charge in [0.15, 0.2) is 0 Å². The van der Waals surface area contributed by atoms with Crippen LogP contribution in [0.3, 0.4) is 0 Å². The zero-order valence-corrected chi connectivity index (χ0v) is 11.3. The second-order valence-corrected chi connectivity index (χ2v) is 7.72. The number of hydrogen-bond acceptors (Lipinski definition) is 2. The summed E-state index contributed by atoms with van der Waals surface area (Å²) in [6.45, 7) is 6.71. The van der Waals surface area contributed by atoms with Gasteiger partial charge in [-0.25, -0.2) is 0 Å². The van der Waals surface area contributed by atoms with Crippen LogP contribution in [0.25, 0.3) is 0 Å². The molecule has 0 radical (unpaired) electrons. The largest absolute Gasteiger partial charge is 0.393 e. The number of rotatable bonds is 0. The van der Waals surface area contributed by atoms with Crippen LogP contribution in [-0.4, -0.2) is 17.0 Å². The van der Waals surface area contributed by atoms with Crippen molar-refractivity contribution in [3.63, 3.8) is 0 Å². The summed E-state index contributed by atoms with van der Waals surface area (Å²) in [5, 5.41) is 10.2. The topological polar surface area (TPSA) is 37.3 Å². The molecule has 2 bridgehead atoms. The minimum Gasteiger partial charge on any atom is -0.393 e. The van der Waals surface area contributed by atoms with Crippen molar-refractivity contribution in [3.8, 4) is 0 Å². The maximum atomic E-state index is 12.5. The number of fused-ring (bicyclic) bond motifs is 1. The van der Waals surface area contributed by atoms with Gasteiger partial charge in [-0.15, -0.1) is 0 Å². The Morgan fingerprint density at radius 2 is 1.88 bits per heavy atom. The molecule has 2 heteroatoms. The molecule has 3 fully saturated rings. The molecule has 3 aliphatic carbocycles. The normalized spacial score (nSPS) is 52.4. The summed E-state index contributed by atoms with van der Waals surface area (Å²) in [5.41, 5.74) is 0.112. The molecule has 3 saturated carbocycles. The van der Waals surface area contributed by atoms with E-state index < -0.39 is 0 Å². The van der Waals surface area contributed by atoms with Gasteiger partial charge in [0.1, 0.15) is 5.78 Å². The van der Waals surface area contributed by atoms with Crippen molar-refractivity contribution in [2.75, 3.05) is 0 Å². The molecule has 1 N–H and O–H groups in total. The summed E-state index contributed by atoms with van der Waals surface area (Å²) in [4.78, 5) is 12.5. The monoisotopic (exact) mass is 236 g/mol. The fourth-order valence-corrected chi connectivity index (χ4v) is 5.26. The molecule has 3 rings (SSSR count). The molecular formula is C15H24O2. The zero-order chi connectivity index (χ0) is 12.5. The lowest BCUT2D eigenvalue weighted by atomic mass is 9.49. The van der Waals surface area contributed by atoms with E-state index in [1.807, 2.05) is 0 Å². The number of hydrogen-bond donors (Lipinski definition) is 1. The van der Waals surface area contributed by atoms with Crippen molar-refractivity contribution >= 4 is 5.78 Å². The van der Waals surface area contributed by atoms with Gasteiger partial charge in [-0.1, -0.05) is 20.8 Å². The highest BCUT2D eigenvalue weighted by molar-refractivity contribution is 5.88. The second kappa shape index (κ2) is 3.14. The van der Waals surface area contributed by atoms with Gasteiger partial charge >= 0.3 is 0 Å². The van der Waals surface area contributed by atoms with Crippen LogP contribution in [0.5, 0.6) is 0 Å². The molecule has 3 aliphatic rings. The standard InChI is InChI=1S/C15H24O2/c1-13(2)8-12(17)15-7-5-11(16)14(3,9-15)6-4-10(13)15/h10-11,16H,4-9H2,1-3H3. The molecule has 1 spiro atoms. The Labute approximate surface area is 104 Å². The van der Waals surface area contributed by atoms with Crippen LogP contribution in [0, 0.1) is 22.2 Å². The number of aliphatic hydroxyl groups is 1. The van der Waals surface area contributed by atoms with Gasteiger partial charge in [0.05, 0.1) is 6.10 Å². The molecule has 0 saturated heterocycles. The summed E-state index contributed by atoms with van der Waals surface area (Å²) < 4.78 is 0. The van der Waals surface area contributed by atoms with Crippen molar-refractivity contribution in [1.82, 2.24) is 0 Å². The Bertz CT molecular complexity index is 373. The maximum Gasteiger partial charge on any atom is 0.139 e. The molecule has 0 aromatic heterocycles. The molecule has 2 nitrogen and oxygen atoms in total. The van der Waals surface area contributed by atoms with E-state index in [2.05, 4.69) is 20.8 Å². The number of carbonyl (C=O) groups is 1. The minimum absolute atomic E-state index is 0.00479. The lowest BCUT2D eigenvalue weighted by molar-refractivity contribution is -0.148. The lowest BCUT2D eigenvalue weighted by Gasteiger charge is -2.55. The van der Waals surface area contributed by atoms with Gasteiger partial charge in [-0.3, -0.25) is 4.79 Å². The summed E-state index contributed by atoms with van der Waals surface area (Å²) in [5.74, 6) is 1.05. The first-order valence-corrected chi connectivity index (χ1v) is 7.02. The Kier molecular flexibility index (Phi) is 2.16. The molecule has 0 aromatic rings. The molecule has 0 aromatic carbocycles. The molecule has 17 heavy (non-hydrogen) atoms. The molecule has 0 amide bonds. The molecule has 4 atom stereocenters. The Morgan fingerprint density at radius 1 is 1.18 bits per heavy atom. The van der Waals surface area contributed by atoms with Crippen LogP contribution in [-0.2, 0) is 4.79 Å². The van der Waals surface area contributed by atoms with E-state index >= 15 is 0 Å². The molecular weight excluding hydrogens is 212 g/mol. The third-order valence-corrected chi connectivity index (χ3v) is 6.17. The van der Waals surface area contributed by atoms with Crippen LogP contribution in [0.15, 0.2) is 0 Å². The number of aliphatic hydroxyl groups excluding tert-OH is 1. The van der Waals surface area contributed by atoms with Gasteiger partial charge in [0, 0.05) is 11.8 Å². The second-order valence-electron chi connectivity index (χ2n) is 7.72. The average Bonchev–Trinajstić information content (AvgIpc) is 2.41. The Morgan fingerprint density at radius 3 is 2.59 bits per heavy atom. The highest BCUT2D eigenvalue weighted by Gasteiger charge is 2.64. The van der Waals surface area contributed by atoms with E-state index in [0.717, 1.165) is 38.5 Å². The first-order chi connectivity index (χ1) is 7.80. The van der Waals surface area contributed by atoms with Crippen LogP contribution in [0.4, 0.5) is 0 Å². The predicted octanol–water partition coefficient (Wildman–Crippen LogP) is 2.93. The van der Waals surface area contributed by atoms with Gasteiger partial charge in [0.25, 0.3) is 0 Å². The molecule has 4 unspecified atom stereocenters. The van der Waals surface area contributed by atoms with Gasteiger partial charge in [-0.05, 0) is 48.9 Å². The predicted molar refractivity (Wildman–Crippen MR) is 66.5 cm³/mol. The molecule has 0 aliphatic heterocycles. The van der Waals surface area contributed by atoms with Gasteiger partial charge in [0.2, 0.25) is 0 Å². The van der Waals surface area contributed by atoms with Crippen LogP contribution < -0.4 is 0 Å². The number of ketones is 1.